The summed E-state index contributed by atoms with van der Waals surface area (Å²) in [7, 11) is 1.63. The third-order valence-electron chi connectivity index (χ3n) is 7.08. The van der Waals surface area contributed by atoms with Crippen molar-refractivity contribution in [3.05, 3.63) is 59.7 Å². The Morgan fingerprint density at radius 2 is 1.87 bits per heavy atom. The van der Waals surface area contributed by atoms with Crippen LogP contribution in [0.5, 0.6) is 11.5 Å². The van der Waals surface area contributed by atoms with Crippen molar-refractivity contribution in [2.75, 3.05) is 20.2 Å². The van der Waals surface area contributed by atoms with Crippen LogP contribution in [-0.4, -0.2) is 41.2 Å². The summed E-state index contributed by atoms with van der Waals surface area (Å²) in [5.41, 5.74) is 0.435. The third-order valence-corrected chi connectivity index (χ3v) is 7.08. The molecule has 1 aliphatic carbocycles. The number of fused-ring (bicyclic) bond motifs is 1. The highest BCUT2D eigenvalue weighted by molar-refractivity contribution is 5.84. The molecule has 0 spiro atoms. The van der Waals surface area contributed by atoms with E-state index < -0.39 is 11.5 Å². The van der Waals surface area contributed by atoms with Crippen molar-refractivity contribution in [2.45, 2.75) is 38.2 Å². The van der Waals surface area contributed by atoms with E-state index in [1.165, 1.54) is 0 Å². The normalized spacial score (nSPS) is 29.3. The standard InChI is InChI=1S/C25H31NO4/c1-16-12-18-14-26(24(28)17(2)19-8-4-6-10-22(19)27)15-21(18)25(29,13-16)20-9-5-7-11-23(20)30-3/h4-11,16-18,21,27,29H,12-15H2,1-3H3/t16-,17+,18+,21-,25-/m1/s1. The number of carbonyl (C=O) groups excluding carboxylic acids is 1. The number of para-hydroxylation sites is 2. The molecular weight excluding hydrogens is 378 g/mol. The lowest BCUT2D eigenvalue weighted by atomic mass is 9.64. The number of benzene rings is 2. The molecule has 5 nitrogen and oxygen atoms in total. The van der Waals surface area contributed by atoms with Crippen LogP contribution in [0.25, 0.3) is 0 Å². The Bertz CT molecular complexity index is 929. The van der Waals surface area contributed by atoms with Crippen molar-refractivity contribution >= 4 is 5.91 Å². The number of hydrogen-bond donors (Lipinski definition) is 2. The van der Waals surface area contributed by atoms with E-state index in [1.807, 2.05) is 42.2 Å². The molecule has 0 bridgehead atoms. The highest BCUT2D eigenvalue weighted by Crippen LogP contribution is 2.52. The minimum Gasteiger partial charge on any atom is -0.508 e. The van der Waals surface area contributed by atoms with Crippen molar-refractivity contribution < 1.29 is 19.7 Å². The first-order valence-corrected chi connectivity index (χ1v) is 10.8. The minimum absolute atomic E-state index is 0.000861. The molecule has 1 aliphatic heterocycles. The molecular formula is C25H31NO4. The summed E-state index contributed by atoms with van der Waals surface area (Å²) in [6.07, 6.45) is 1.66. The number of nitrogens with zero attached hydrogens (tertiary/aromatic N) is 1. The Morgan fingerprint density at radius 3 is 2.60 bits per heavy atom. The van der Waals surface area contributed by atoms with Gasteiger partial charge in [0, 0.05) is 30.1 Å². The number of amides is 1. The topological polar surface area (TPSA) is 70.0 Å². The molecule has 30 heavy (non-hydrogen) atoms. The molecule has 1 saturated heterocycles. The van der Waals surface area contributed by atoms with E-state index in [0.29, 0.717) is 36.7 Å². The molecule has 160 valence electrons. The fraction of sp³-hybridized carbons (Fsp3) is 0.480. The fourth-order valence-electron chi connectivity index (χ4n) is 5.69. The van der Waals surface area contributed by atoms with E-state index in [1.54, 1.807) is 25.3 Å². The van der Waals surface area contributed by atoms with E-state index in [-0.39, 0.29) is 23.5 Å². The Morgan fingerprint density at radius 1 is 1.17 bits per heavy atom. The van der Waals surface area contributed by atoms with Crippen molar-refractivity contribution in [1.82, 2.24) is 4.90 Å². The van der Waals surface area contributed by atoms with Gasteiger partial charge in [0.05, 0.1) is 18.6 Å². The summed E-state index contributed by atoms with van der Waals surface area (Å²) in [4.78, 5) is 15.2. The first kappa shape index (κ1) is 20.7. The number of likely N-dealkylation sites (tertiary alicyclic amines) is 1. The molecule has 5 heteroatoms. The molecule has 5 atom stereocenters. The lowest BCUT2D eigenvalue weighted by Gasteiger charge is -2.44. The molecule has 1 saturated carbocycles. The number of phenolic OH excluding ortho intramolecular Hbond substituents is 1. The maximum Gasteiger partial charge on any atom is 0.229 e. The average molecular weight is 410 g/mol. The predicted molar refractivity (Wildman–Crippen MR) is 115 cm³/mol. The number of methoxy groups -OCH3 is 1. The van der Waals surface area contributed by atoms with Crippen molar-refractivity contribution in [3.63, 3.8) is 0 Å². The summed E-state index contributed by atoms with van der Waals surface area (Å²) < 4.78 is 5.56. The molecule has 4 rings (SSSR count). The molecule has 1 heterocycles. The minimum atomic E-state index is -1.03. The quantitative estimate of drug-likeness (QED) is 0.804. The predicted octanol–water partition coefficient (Wildman–Crippen LogP) is 3.90. The maximum atomic E-state index is 13.3. The number of rotatable bonds is 4. The van der Waals surface area contributed by atoms with Crippen LogP contribution in [0.15, 0.2) is 48.5 Å². The summed E-state index contributed by atoms with van der Waals surface area (Å²) in [5, 5.41) is 22.1. The lowest BCUT2D eigenvalue weighted by Crippen LogP contribution is -2.45. The first-order chi connectivity index (χ1) is 14.3. The molecule has 2 aliphatic rings. The van der Waals surface area contributed by atoms with Gasteiger partial charge in [0.1, 0.15) is 11.5 Å². The number of aromatic hydroxyl groups is 1. The number of hydrogen-bond acceptors (Lipinski definition) is 4. The number of carbonyl (C=O) groups is 1. The average Bonchev–Trinajstić information content (AvgIpc) is 3.17. The molecule has 0 aromatic heterocycles. The second-order valence-electron chi connectivity index (χ2n) is 9.06. The number of phenols is 1. The van der Waals surface area contributed by atoms with Crippen molar-refractivity contribution in [2.24, 2.45) is 17.8 Å². The zero-order valence-corrected chi connectivity index (χ0v) is 17.9. The smallest absolute Gasteiger partial charge is 0.229 e. The van der Waals surface area contributed by atoms with E-state index in [4.69, 9.17) is 4.74 Å². The van der Waals surface area contributed by atoms with E-state index in [0.717, 1.165) is 12.0 Å². The van der Waals surface area contributed by atoms with Gasteiger partial charge in [0.25, 0.3) is 0 Å². The van der Waals surface area contributed by atoms with Crippen LogP contribution >= 0.6 is 0 Å². The van der Waals surface area contributed by atoms with Crippen LogP contribution in [0.1, 0.15) is 43.7 Å². The third kappa shape index (κ3) is 3.45. The Kier molecular flexibility index (Phi) is 5.49. The van der Waals surface area contributed by atoms with Crippen LogP contribution in [0.2, 0.25) is 0 Å². The molecule has 2 N–H and O–H groups in total. The Balaban J connectivity index is 1.62. The van der Waals surface area contributed by atoms with Crippen molar-refractivity contribution in [1.29, 1.82) is 0 Å². The second-order valence-corrected chi connectivity index (χ2v) is 9.06. The molecule has 0 radical (unpaired) electrons. The zero-order valence-electron chi connectivity index (χ0n) is 17.9. The van der Waals surface area contributed by atoms with E-state index in [2.05, 4.69) is 6.92 Å². The van der Waals surface area contributed by atoms with Crippen LogP contribution in [0, 0.1) is 17.8 Å². The molecule has 2 aromatic carbocycles. The summed E-state index contributed by atoms with van der Waals surface area (Å²) in [6, 6.07) is 14.7. The first-order valence-electron chi connectivity index (χ1n) is 10.8. The van der Waals surface area contributed by atoms with Gasteiger partial charge in [0.15, 0.2) is 0 Å². The van der Waals surface area contributed by atoms with E-state index in [9.17, 15) is 15.0 Å². The van der Waals surface area contributed by atoms with Gasteiger partial charge < -0.3 is 19.8 Å². The molecule has 1 amide bonds. The van der Waals surface area contributed by atoms with Gasteiger partial charge in [-0.25, -0.2) is 0 Å². The van der Waals surface area contributed by atoms with Gasteiger partial charge in [-0.05, 0) is 43.7 Å². The largest absolute Gasteiger partial charge is 0.508 e. The Hall–Kier alpha value is -2.53. The van der Waals surface area contributed by atoms with Gasteiger partial charge in [-0.1, -0.05) is 43.3 Å². The highest BCUT2D eigenvalue weighted by atomic mass is 16.5. The number of aliphatic hydroxyl groups is 1. The van der Waals surface area contributed by atoms with Crippen LogP contribution in [0.4, 0.5) is 0 Å². The SMILES string of the molecule is COc1ccccc1[C@]1(O)C[C@H](C)C[C@H]2CN(C(=O)[C@@H](C)c3ccccc3O)C[C@H]21. The van der Waals surface area contributed by atoms with E-state index >= 15 is 0 Å². The zero-order chi connectivity index (χ0) is 21.5. The summed E-state index contributed by atoms with van der Waals surface area (Å²) in [6.45, 7) is 5.17. The van der Waals surface area contributed by atoms with Crippen molar-refractivity contribution in [3.8, 4) is 11.5 Å². The lowest BCUT2D eigenvalue weighted by molar-refractivity contribution is -0.132. The van der Waals surface area contributed by atoms with Gasteiger partial charge >= 0.3 is 0 Å². The van der Waals surface area contributed by atoms with Gasteiger partial charge in [-0.3, -0.25) is 4.79 Å². The summed E-state index contributed by atoms with van der Waals surface area (Å²) >= 11 is 0. The summed E-state index contributed by atoms with van der Waals surface area (Å²) in [5.74, 6) is 0.972. The second kappa shape index (κ2) is 7.95. The van der Waals surface area contributed by atoms with Crippen LogP contribution < -0.4 is 4.74 Å². The van der Waals surface area contributed by atoms with Gasteiger partial charge in [-0.15, -0.1) is 0 Å². The fourth-order valence-corrected chi connectivity index (χ4v) is 5.69. The van der Waals surface area contributed by atoms with Crippen LogP contribution in [0.3, 0.4) is 0 Å². The van der Waals surface area contributed by atoms with Gasteiger partial charge in [-0.2, -0.15) is 0 Å². The van der Waals surface area contributed by atoms with Crippen LogP contribution in [-0.2, 0) is 10.4 Å². The van der Waals surface area contributed by atoms with Gasteiger partial charge in [0.2, 0.25) is 5.91 Å². The monoisotopic (exact) mass is 409 g/mol. The highest BCUT2D eigenvalue weighted by Gasteiger charge is 2.53. The molecule has 2 fully saturated rings. The Labute approximate surface area is 178 Å². The maximum absolute atomic E-state index is 13.3. The molecule has 0 unspecified atom stereocenters. The number of ether oxygens (including phenoxy) is 1. The molecule has 2 aromatic rings.